The van der Waals surface area contributed by atoms with Crippen molar-refractivity contribution in [2.24, 2.45) is 0 Å². The highest BCUT2D eigenvalue weighted by molar-refractivity contribution is 9.10. The SMILES string of the molecule is C=CCN(CC#N)[C@@H](CO)[C@@H](O)c1ccc(Br)cc1. The normalized spacial score (nSPS) is 13.8. The van der Waals surface area contributed by atoms with Gasteiger partial charge >= 0.3 is 0 Å². The molecule has 0 aliphatic heterocycles. The lowest BCUT2D eigenvalue weighted by molar-refractivity contribution is 0.0262. The van der Waals surface area contributed by atoms with Gasteiger partial charge in [0.2, 0.25) is 0 Å². The smallest absolute Gasteiger partial charge is 0.0968 e. The molecule has 0 aromatic heterocycles. The van der Waals surface area contributed by atoms with Crippen LogP contribution in [0.2, 0.25) is 0 Å². The Morgan fingerprint density at radius 1 is 1.42 bits per heavy atom. The van der Waals surface area contributed by atoms with E-state index in [-0.39, 0.29) is 13.2 Å². The fraction of sp³-hybridized carbons (Fsp3) is 0.357. The Labute approximate surface area is 121 Å². The molecule has 5 heteroatoms. The molecule has 0 bridgehead atoms. The Kier molecular flexibility index (Phi) is 6.74. The molecule has 0 radical (unpaired) electrons. The largest absolute Gasteiger partial charge is 0.395 e. The summed E-state index contributed by atoms with van der Waals surface area (Å²) in [4.78, 5) is 1.69. The second-order valence-corrected chi connectivity index (χ2v) is 5.04. The van der Waals surface area contributed by atoms with Crippen molar-refractivity contribution in [3.63, 3.8) is 0 Å². The molecule has 4 nitrogen and oxygen atoms in total. The average Bonchev–Trinajstić information content (AvgIpc) is 2.40. The first kappa shape index (κ1) is 15.9. The van der Waals surface area contributed by atoms with Crippen molar-refractivity contribution in [3.05, 3.63) is 47.0 Å². The van der Waals surface area contributed by atoms with Gasteiger partial charge in [-0.15, -0.1) is 6.58 Å². The van der Waals surface area contributed by atoms with Crippen LogP contribution in [0.3, 0.4) is 0 Å². The van der Waals surface area contributed by atoms with Gasteiger partial charge in [0.1, 0.15) is 0 Å². The molecule has 2 atom stereocenters. The van der Waals surface area contributed by atoms with Crippen molar-refractivity contribution in [2.45, 2.75) is 12.1 Å². The van der Waals surface area contributed by atoms with E-state index in [1.54, 1.807) is 23.1 Å². The van der Waals surface area contributed by atoms with E-state index in [1.807, 2.05) is 18.2 Å². The lowest BCUT2D eigenvalue weighted by Gasteiger charge is -2.31. The Bertz CT molecular complexity index is 442. The summed E-state index contributed by atoms with van der Waals surface area (Å²) < 4.78 is 0.920. The van der Waals surface area contributed by atoms with Crippen LogP contribution in [0.1, 0.15) is 11.7 Å². The molecule has 1 rings (SSSR count). The molecular formula is C14H17BrN2O2. The number of aliphatic hydroxyl groups is 2. The van der Waals surface area contributed by atoms with Crippen molar-refractivity contribution in [2.75, 3.05) is 19.7 Å². The van der Waals surface area contributed by atoms with E-state index in [2.05, 4.69) is 22.5 Å². The van der Waals surface area contributed by atoms with Crippen LogP contribution in [-0.2, 0) is 0 Å². The topological polar surface area (TPSA) is 67.5 Å². The maximum absolute atomic E-state index is 10.3. The Balaban J connectivity index is 2.90. The second-order valence-electron chi connectivity index (χ2n) is 4.12. The molecule has 19 heavy (non-hydrogen) atoms. The highest BCUT2D eigenvalue weighted by Crippen LogP contribution is 2.22. The fourth-order valence-electron chi connectivity index (χ4n) is 1.87. The number of nitriles is 1. The zero-order chi connectivity index (χ0) is 14.3. The lowest BCUT2D eigenvalue weighted by atomic mass is 10.0. The van der Waals surface area contributed by atoms with Gasteiger partial charge in [-0.25, -0.2) is 0 Å². The summed E-state index contributed by atoms with van der Waals surface area (Å²) in [5.74, 6) is 0. The predicted octanol–water partition coefficient (Wildman–Crippen LogP) is 1.85. The quantitative estimate of drug-likeness (QED) is 0.593. The van der Waals surface area contributed by atoms with Crippen molar-refractivity contribution in [1.29, 1.82) is 5.26 Å². The second kappa shape index (κ2) is 8.08. The minimum Gasteiger partial charge on any atom is -0.395 e. The van der Waals surface area contributed by atoms with Crippen LogP contribution in [0.5, 0.6) is 0 Å². The molecule has 0 saturated carbocycles. The van der Waals surface area contributed by atoms with Crippen LogP contribution < -0.4 is 0 Å². The van der Waals surface area contributed by atoms with E-state index in [0.717, 1.165) is 4.47 Å². The van der Waals surface area contributed by atoms with Crippen LogP contribution in [0.25, 0.3) is 0 Å². The maximum atomic E-state index is 10.3. The van der Waals surface area contributed by atoms with E-state index >= 15 is 0 Å². The number of halogens is 1. The van der Waals surface area contributed by atoms with Crippen LogP contribution in [0.4, 0.5) is 0 Å². The van der Waals surface area contributed by atoms with Gasteiger partial charge in [0.25, 0.3) is 0 Å². The highest BCUT2D eigenvalue weighted by Gasteiger charge is 2.25. The maximum Gasteiger partial charge on any atom is 0.0968 e. The van der Waals surface area contributed by atoms with E-state index in [9.17, 15) is 10.2 Å². The first-order valence-electron chi connectivity index (χ1n) is 5.90. The van der Waals surface area contributed by atoms with Crippen LogP contribution >= 0.6 is 15.9 Å². The molecule has 0 amide bonds. The number of benzene rings is 1. The lowest BCUT2D eigenvalue weighted by Crippen LogP contribution is -2.42. The Morgan fingerprint density at radius 2 is 2.05 bits per heavy atom. The number of hydrogen-bond acceptors (Lipinski definition) is 4. The minimum atomic E-state index is -0.855. The van der Waals surface area contributed by atoms with E-state index in [0.29, 0.717) is 12.1 Å². The standard InChI is InChI=1S/C14H17BrN2O2/c1-2-8-17(9-7-16)13(10-18)14(19)11-3-5-12(15)6-4-11/h2-6,13-14,18-19H,1,8-10H2/t13-,14-/m0/s1. The molecule has 0 heterocycles. The predicted molar refractivity (Wildman–Crippen MR) is 77.4 cm³/mol. The van der Waals surface area contributed by atoms with Gasteiger partial charge in [-0.3, -0.25) is 4.90 Å². The van der Waals surface area contributed by atoms with Gasteiger partial charge in [-0.2, -0.15) is 5.26 Å². The molecule has 2 N–H and O–H groups in total. The third kappa shape index (κ3) is 4.44. The zero-order valence-corrected chi connectivity index (χ0v) is 12.1. The van der Waals surface area contributed by atoms with Gasteiger partial charge < -0.3 is 10.2 Å². The molecule has 0 aliphatic carbocycles. The molecule has 0 aliphatic rings. The number of aliphatic hydroxyl groups excluding tert-OH is 2. The van der Waals surface area contributed by atoms with Crippen LogP contribution in [0.15, 0.2) is 41.4 Å². The van der Waals surface area contributed by atoms with Gasteiger partial charge in [0.15, 0.2) is 0 Å². The van der Waals surface area contributed by atoms with Gasteiger partial charge in [-0.05, 0) is 17.7 Å². The van der Waals surface area contributed by atoms with Crippen molar-refractivity contribution >= 4 is 15.9 Å². The summed E-state index contributed by atoms with van der Waals surface area (Å²) in [6.45, 7) is 3.96. The summed E-state index contributed by atoms with van der Waals surface area (Å²) in [6.07, 6.45) is 0.792. The highest BCUT2D eigenvalue weighted by atomic mass is 79.9. The third-order valence-corrected chi connectivity index (χ3v) is 3.40. The zero-order valence-electron chi connectivity index (χ0n) is 10.5. The van der Waals surface area contributed by atoms with Gasteiger partial charge in [0, 0.05) is 11.0 Å². The minimum absolute atomic E-state index is 0.130. The summed E-state index contributed by atoms with van der Waals surface area (Å²) in [7, 11) is 0. The first-order valence-corrected chi connectivity index (χ1v) is 6.69. The van der Waals surface area contributed by atoms with Crippen molar-refractivity contribution in [3.8, 4) is 6.07 Å². The molecule has 0 unspecified atom stereocenters. The first-order chi connectivity index (χ1) is 9.13. The third-order valence-electron chi connectivity index (χ3n) is 2.87. The van der Waals surface area contributed by atoms with Crippen LogP contribution in [-0.4, -0.2) is 40.9 Å². The van der Waals surface area contributed by atoms with E-state index in [1.165, 1.54) is 0 Å². The van der Waals surface area contributed by atoms with Crippen molar-refractivity contribution in [1.82, 2.24) is 4.90 Å². The number of rotatable bonds is 7. The summed E-state index contributed by atoms with van der Waals surface area (Å²) in [5, 5.41) is 28.6. The average molecular weight is 325 g/mol. The van der Waals surface area contributed by atoms with E-state index < -0.39 is 12.1 Å². The van der Waals surface area contributed by atoms with Crippen molar-refractivity contribution < 1.29 is 10.2 Å². The van der Waals surface area contributed by atoms with Crippen LogP contribution in [0, 0.1) is 11.3 Å². The molecule has 1 aromatic rings. The summed E-state index contributed by atoms with van der Waals surface area (Å²) >= 11 is 3.33. The monoisotopic (exact) mass is 324 g/mol. The Hall–Kier alpha value is -1.19. The summed E-state index contributed by atoms with van der Waals surface area (Å²) in [6, 6.07) is 8.73. The molecule has 0 spiro atoms. The van der Waals surface area contributed by atoms with Gasteiger partial charge in [0.05, 0.1) is 31.4 Å². The number of nitrogens with zero attached hydrogens (tertiary/aromatic N) is 2. The molecular weight excluding hydrogens is 308 g/mol. The fourth-order valence-corrected chi connectivity index (χ4v) is 2.14. The summed E-state index contributed by atoms with van der Waals surface area (Å²) in [5.41, 5.74) is 0.703. The van der Waals surface area contributed by atoms with E-state index in [4.69, 9.17) is 5.26 Å². The number of hydrogen-bond donors (Lipinski definition) is 2. The molecule has 1 aromatic carbocycles. The molecule has 0 saturated heterocycles. The van der Waals surface area contributed by atoms with Gasteiger partial charge in [-0.1, -0.05) is 34.1 Å². The molecule has 0 fully saturated rings. The molecule has 102 valence electrons. The Morgan fingerprint density at radius 3 is 2.53 bits per heavy atom.